The molecule has 0 radical (unpaired) electrons. The Hall–Kier alpha value is -2.18. The van der Waals surface area contributed by atoms with E-state index in [-0.39, 0.29) is 13.0 Å². The highest BCUT2D eigenvalue weighted by atomic mass is 16.6. The van der Waals surface area contributed by atoms with E-state index in [1.165, 1.54) is 17.3 Å². The van der Waals surface area contributed by atoms with Gasteiger partial charge in [-0.3, -0.25) is 14.9 Å². The standard InChI is InChI=1S/C13H17N3O4/c1-13(2,3)20-12(19)16-7-9-8(14-4-5-15-9)6-10(16)11(17)18/h4-5,10H,6-7H2,1-3H3,(H,17,18)/t10-/m1/s1. The van der Waals surface area contributed by atoms with Gasteiger partial charge in [-0.25, -0.2) is 9.59 Å². The lowest BCUT2D eigenvalue weighted by molar-refractivity contribution is -0.143. The van der Waals surface area contributed by atoms with Crippen molar-refractivity contribution in [3.8, 4) is 0 Å². The molecule has 0 unspecified atom stereocenters. The van der Waals surface area contributed by atoms with Crippen molar-refractivity contribution in [1.82, 2.24) is 14.9 Å². The third kappa shape index (κ3) is 3.04. The molecule has 1 amide bonds. The Morgan fingerprint density at radius 2 is 1.90 bits per heavy atom. The molecule has 7 heteroatoms. The minimum Gasteiger partial charge on any atom is -0.480 e. The van der Waals surface area contributed by atoms with E-state index < -0.39 is 23.7 Å². The van der Waals surface area contributed by atoms with Gasteiger partial charge in [-0.2, -0.15) is 0 Å². The number of fused-ring (bicyclic) bond motifs is 1. The molecule has 0 saturated carbocycles. The maximum absolute atomic E-state index is 12.1. The quantitative estimate of drug-likeness (QED) is 0.831. The van der Waals surface area contributed by atoms with Crippen LogP contribution in [0.15, 0.2) is 12.4 Å². The summed E-state index contributed by atoms with van der Waals surface area (Å²) in [4.78, 5) is 32.9. The number of hydrogen-bond donors (Lipinski definition) is 1. The van der Waals surface area contributed by atoms with Crippen molar-refractivity contribution >= 4 is 12.1 Å². The van der Waals surface area contributed by atoms with E-state index in [4.69, 9.17) is 4.74 Å². The van der Waals surface area contributed by atoms with E-state index in [1.807, 2.05) is 0 Å². The molecule has 1 atom stereocenters. The molecule has 1 aliphatic heterocycles. The summed E-state index contributed by atoms with van der Waals surface area (Å²) >= 11 is 0. The first-order chi connectivity index (χ1) is 9.28. The monoisotopic (exact) mass is 279 g/mol. The molecule has 20 heavy (non-hydrogen) atoms. The van der Waals surface area contributed by atoms with Gasteiger partial charge in [0.2, 0.25) is 0 Å². The number of carbonyl (C=O) groups excluding carboxylic acids is 1. The van der Waals surface area contributed by atoms with Gasteiger partial charge in [-0.15, -0.1) is 0 Å². The Bertz CT molecular complexity index is 539. The second-order valence-corrected chi connectivity index (χ2v) is 5.62. The lowest BCUT2D eigenvalue weighted by Crippen LogP contribution is -2.50. The van der Waals surface area contributed by atoms with E-state index in [0.717, 1.165) is 0 Å². The van der Waals surface area contributed by atoms with Gasteiger partial charge in [0.15, 0.2) is 0 Å². The average molecular weight is 279 g/mol. The third-order valence-corrected chi connectivity index (χ3v) is 2.86. The smallest absolute Gasteiger partial charge is 0.411 e. The molecule has 1 N–H and O–H groups in total. The van der Waals surface area contributed by atoms with E-state index in [2.05, 4.69) is 9.97 Å². The van der Waals surface area contributed by atoms with Crippen LogP contribution in [0.25, 0.3) is 0 Å². The van der Waals surface area contributed by atoms with Gasteiger partial charge in [0, 0.05) is 18.8 Å². The highest BCUT2D eigenvalue weighted by molar-refractivity contribution is 5.81. The zero-order valence-corrected chi connectivity index (χ0v) is 11.7. The van der Waals surface area contributed by atoms with Gasteiger partial charge >= 0.3 is 12.1 Å². The molecule has 0 fully saturated rings. The van der Waals surface area contributed by atoms with Gasteiger partial charge < -0.3 is 9.84 Å². The third-order valence-electron chi connectivity index (χ3n) is 2.86. The Balaban J connectivity index is 2.27. The SMILES string of the molecule is CC(C)(C)OC(=O)N1Cc2nccnc2C[C@@H]1C(=O)O. The molecule has 0 aliphatic carbocycles. The lowest BCUT2D eigenvalue weighted by atomic mass is 10.0. The highest BCUT2D eigenvalue weighted by Crippen LogP contribution is 2.22. The summed E-state index contributed by atoms with van der Waals surface area (Å²) in [5, 5.41) is 9.28. The molecule has 0 aromatic carbocycles. The maximum Gasteiger partial charge on any atom is 0.411 e. The van der Waals surface area contributed by atoms with Crippen molar-refractivity contribution in [1.29, 1.82) is 0 Å². The van der Waals surface area contributed by atoms with Crippen LogP contribution in [-0.2, 0) is 22.5 Å². The van der Waals surface area contributed by atoms with Gasteiger partial charge in [-0.1, -0.05) is 0 Å². The second-order valence-electron chi connectivity index (χ2n) is 5.62. The Morgan fingerprint density at radius 3 is 2.45 bits per heavy atom. The zero-order valence-electron chi connectivity index (χ0n) is 11.7. The molecular formula is C13H17N3O4. The summed E-state index contributed by atoms with van der Waals surface area (Å²) in [6.45, 7) is 5.30. The lowest BCUT2D eigenvalue weighted by Gasteiger charge is -2.34. The van der Waals surface area contributed by atoms with Crippen LogP contribution in [0, 0.1) is 0 Å². The molecule has 0 spiro atoms. The molecule has 7 nitrogen and oxygen atoms in total. The van der Waals surface area contributed by atoms with Gasteiger partial charge in [0.05, 0.1) is 17.9 Å². The first-order valence-electron chi connectivity index (χ1n) is 6.29. The highest BCUT2D eigenvalue weighted by Gasteiger charge is 2.38. The number of nitrogens with zero attached hydrogens (tertiary/aromatic N) is 3. The molecule has 1 aliphatic rings. The van der Waals surface area contributed by atoms with Crippen LogP contribution >= 0.6 is 0 Å². The Morgan fingerprint density at radius 1 is 1.30 bits per heavy atom. The fourth-order valence-corrected chi connectivity index (χ4v) is 2.00. The second kappa shape index (κ2) is 5.07. The minimum absolute atomic E-state index is 0.0923. The molecule has 2 heterocycles. The number of carboxylic acid groups (broad SMARTS) is 1. The van der Waals surface area contributed by atoms with Crippen molar-refractivity contribution in [2.24, 2.45) is 0 Å². The average Bonchev–Trinajstić information content (AvgIpc) is 2.35. The zero-order chi connectivity index (χ0) is 14.9. The van der Waals surface area contributed by atoms with Gasteiger partial charge in [0.1, 0.15) is 11.6 Å². The van der Waals surface area contributed by atoms with Crippen molar-refractivity contribution in [2.75, 3.05) is 0 Å². The Labute approximate surface area is 116 Å². The fraction of sp³-hybridized carbons (Fsp3) is 0.538. The Kier molecular flexibility index (Phi) is 3.61. The van der Waals surface area contributed by atoms with Gasteiger partial charge in [0.25, 0.3) is 0 Å². The topological polar surface area (TPSA) is 92.6 Å². The van der Waals surface area contributed by atoms with Crippen molar-refractivity contribution < 1.29 is 19.4 Å². The molecule has 0 saturated heterocycles. The van der Waals surface area contributed by atoms with Crippen LogP contribution in [-0.4, -0.2) is 43.7 Å². The molecule has 108 valence electrons. The summed E-state index contributed by atoms with van der Waals surface area (Å²) in [5.74, 6) is -1.08. The predicted molar refractivity (Wildman–Crippen MR) is 68.9 cm³/mol. The van der Waals surface area contributed by atoms with Crippen LogP contribution in [0.5, 0.6) is 0 Å². The summed E-state index contributed by atoms with van der Waals surface area (Å²) in [7, 11) is 0. The minimum atomic E-state index is -1.08. The first kappa shape index (κ1) is 14.2. The number of hydrogen-bond acceptors (Lipinski definition) is 5. The van der Waals surface area contributed by atoms with Crippen LogP contribution in [0.3, 0.4) is 0 Å². The molecule has 0 bridgehead atoms. The first-order valence-corrected chi connectivity index (χ1v) is 6.29. The molecular weight excluding hydrogens is 262 g/mol. The van der Waals surface area contributed by atoms with Crippen molar-refractivity contribution in [2.45, 2.75) is 45.4 Å². The van der Waals surface area contributed by atoms with Gasteiger partial charge in [-0.05, 0) is 20.8 Å². The molecule has 1 aromatic rings. The van der Waals surface area contributed by atoms with Crippen LogP contribution in [0.2, 0.25) is 0 Å². The molecule has 1 aromatic heterocycles. The number of carbonyl (C=O) groups is 2. The van der Waals surface area contributed by atoms with Crippen LogP contribution < -0.4 is 0 Å². The number of rotatable bonds is 1. The van der Waals surface area contributed by atoms with E-state index in [1.54, 1.807) is 20.8 Å². The van der Waals surface area contributed by atoms with Crippen molar-refractivity contribution in [3.05, 3.63) is 23.8 Å². The predicted octanol–water partition coefficient (Wildman–Crippen LogP) is 1.22. The normalized spacial score (nSPS) is 18.4. The number of amides is 1. The summed E-state index contributed by atoms with van der Waals surface area (Å²) in [6.07, 6.45) is 2.52. The summed E-state index contributed by atoms with van der Waals surface area (Å²) in [6, 6.07) is -0.978. The number of aliphatic carboxylic acids is 1. The van der Waals surface area contributed by atoms with E-state index >= 15 is 0 Å². The van der Waals surface area contributed by atoms with Crippen LogP contribution in [0.1, 0.15) is 32.2 Å². The number of carboxylic acids is 1. The number of ether oxygens (including phenoxy) is 1. The maximum atomic E-state index is 12.1. The summed E-state index contributed by atoms with van der Waals surface area (Å²) in [5.41, 5.74) is 0.540. The fourth-order valence-electron chi connectivity index (χ4n) is 2.00. The summed E-state index contributed by atoms with van der Waals surface area (Å²) < 4.78 is 5.25. The number of aromatic nitrogens is 2. The van der Waals surface area contributed by atoms with Crippen molar-refractivity contribution in [3.63, 3.8) is 0 Å². The molecule has 2 rings (SSSR count). The van der Waals surface area contributed by atoms with E-state index in [9.17, 15) is 14.7 Å². The van der Waals surface area contributed by atoms with E-state index in [0.29, 0.717) is 11.4 Å². The largest absolute Gasteiger partial charge is 0.480 e. The van der Waals surface area contributed by atoms with Crippen LogP contribution in [0.4, 0.5) is 4.79 Å².